The van der Waals surface area contributed by atoms with Crippen molar-refractivity contribution >= 4 is 11.1 Å². The molecule has 3 heteroatoms. The normalized spacial score (nSPS) is 22.0. The lowest BCUT2D eigenvalue weighted by atomic mass is 10.0. The fourth-order valence-electron chi connectivity index (χ4n) is 2.16. The van der Waals surface area contributed by atoms with Crippen LogP contribution in [0.4, 0.5) is 0 Å². The van der Waals surface area contributed by atoms with Crippen LogP contribution in [0.5, 0.6) is 0 Å². The van der Waals surface area contributed by atoms with Gasteiger partial charge in [-0.25, -0.2) is 0 Å². The Labute approximate surface area is 88.5 Å². The van der Waals surface area contributed by atoms with E-state index < -0.39 is 0 Å². The molecule has 0 saturated carbocycles. The Morgan fingerprint density at radius 2 is 2.40 bits per heavy atom. The first-order chi connectivity index (χ1) is 7.43. The maximum atomic E-state index is 5.78. The molecule has 0 radical (unpaired) electrons. The summed E-state index contributed by atoms with van der Waals surface area (Å²) < 4.78 is 5.78. The van der Waals surface area contributed by atoms with E-state index in [1.807, 2.05) is 12.1 Å². The molecule has 1 unspecified atom stereocenters. The maximum Gasteiger partial charge on any atom is 0.152 e. The molecule has 0 spiro atoms. The van der Waals surface area contributed by atoms with E-state index in [9.17, 15) is 0 Å². The van der Waals surface area contributed by atoms with Crippen LogP contribution in [0.1, 0.15) is 31.1 Å². The Hall–Kier alpha value is -1.35. The van der Waals surface area contributed by atoms with E-state index >= 15 is 0 Å². The van der Waals surface area contributed by atoms with Crippen molar-refractivity contribution < 1.29 is 4.42 Å². The van der Waals surface area contributed by atoms with Crippen molar-refractivity contribution in [1.29, 1.82) is 0 Å². The summed E-state index contributed by atoms with van der Waals surface area (Å²) in [6, 6.07) is 6.31. The molecule has 1 atom stereocenters. The predicted molar refractivity (Wildman–Crippen MR) is 58.6 cm³/mol. The average Bonchev–Trinajstić information content (AvgIpc) is 2.74. The van der Waals surface area contributed by atoms with Crippen molar-refractivity contribution in [1.82, 2.24) is 10.3 Å². The average molecular weight is 202 g/mol. The number of aromatic nitrogens is 1. The van der Waals surface area contributed by atoms with Crippen molar-refractivity contribution in [2.24, 2.45) is 0 Å². The molecule has 0 aromatic carbocycles. The van der Waals surface area contributed by atoms with Gasteiger partial charge in [0.25, 0.3) is 0 Å². The third kappa shape index (κ3) is 1.63. The van der Waals surface area contributed by atoms with Gasteiger partial charge in [-0.15, -0.1) is 0 Å². The van der Waals surface area contributed by atoms with Gasteiger partial charge in [0.15, 0.2) is 5.58 Å². The van der Waals surface area contributed by atoms with Crippen molar-refractivity contribution in [3.63, 3.8) is 0 Å². The molecule has 3 nitrogen and oxygen atoms in total. The highest BCUT2D eigenvalue weighted by Gasteiger charge is 2.18. The van der Waals surface area contributed by atoms with Crippen molar-refractivity contribution in [3.8, 4) is 0 Å². The highest BCUT2D eigenvalue weighted by Crippen LogP contribution is 2.27. The van der Waals surface area contributed by atoms with E-state index in [0.29, 0.717) is 6.04 Å². The number of hydrogen-bond acceptors (Lipinski definition) is 3. The van der Waals surface area contributed by atoms with E-state index in [1.165, 1.54) is 19.3 Å². The van der Waals surface area contributed by atoms with E-state index in [1.54, 1.807) is 6.20 Å². The van der Waals surface area contributed by atoms with Crippen molar-refractivity contribution in [2.75, 3.05) is 6.54 Å². The highest BCUT2D eigenvalue weighted by molar-refractivity contribution is 5.72. The molecule has 0 bridgehead atoms. The zero-order valence-corrected chi connectivity index (χ0v) is 8.57. The van der Waals surface area contributed by atoms with E-state index in [2.05, 4.69) is 16.4 Å². The summed E-state index contributed by atoms with van der Waals surface area (Å²) in [5, 5.41) is 3.47. The highest BCUT2D eigenvalue weighted by atomic mass is 16.3. The molecule has 0 aliphatic carbocycles. The lowest BCUT2D eigenvalue weighted by molar-refractivity contribution is 0.358. The van der Waals surface area contributed by atoms with E-state index in [0.717, 1.165) is 23.4 Å². The second-order valence-corrected chi connectivity index (χ2v) is 4.04. The third-order valence-electron chi connectivity index (χ3n) is 2.96. The third-order valence-corrected chi connectivity index (χ3v) is 2.96. The summed E-state index contributed by atoms with van der Waals surface area (Å²) in [4.78, 5) is 4.28. The molecule has 2 aromatic rings. The van der Waals surface area contributed by atoms with Gasteiger partial charge < -0.3 is 9.73 Å². The van der Waals surface area contributed by atoms with Crippen LogP contribution in [0.2, 0.25) is 0 Å². The van der Waals surface area contributed by atoms with Crippen molar-refractivity contribution in [2.45, 2.75) is 25.3 Å². The van der Waals surface area contributed by atoms with Crippen LogP contribution in [-0.2, 0) is 0 Å². The van der Waals surface area contributed by atoms with Crippen molar-refractivity contribution in [3.05, 3.63) is 30.2 Å². The molecule has 15 heavy (non-hydrogen) atoms. The number of fused-ring (bicyclic) bond motifs is 1. The van der Waals surface area contributed by atoms with Crippen LogP contribution in [0.15, 0.2) is 28.8 Å². The van der Waals surface area contributed by atoms with Gasteiger partial charge in [0.1, 0.15) is 11.3 Å². The number of nitrogens with one attached hydrogen (secondary N) is 1. The van der Waals surface area contributed by atoms with Gasteiger partial charge in [-0.3, -0.25) is 4.98 Å². The number of rotatable bonds is 1. The van der Waals surface area contributed by atoms with Gasteiger partial charge in [-0.2, -0.15) is 0 Å². The molecule has 78 valence electrons. The molecular weight excluding hydrogens is 188 g/mol. The second-order valence-electron chi connectivity index (χ2n) is 4.04. The van der Waals surface area contributed by atoms with E-state index in [-0.39, 0.29) is 0 Å². The van der Waals surface area contributed by atoms with Gasteiger partial charge in [0, 0.05) is 12.3 Å². The number of piperidine rings is 1. The molecule has 3 rings (SSSR count). The summed E-state index contributed by atoms with van der Waals surface area (Å²) in [5.74, 6) is 1.03. The maximum absolute atomic E-state index is 5.78. The molecule has 2 aromatic heterocycles. The largest absolute Gasteiger partial charge is 0.458 e. The predicted octanol–water partition coefficient (Wildman–Crippen LogP) is 2.64. The number of pyridine rings is 1. The minimum absolute atomic E-state index is 0.382. The lowest BCUT2D eigenvalue weighted by Gasteiger charge is -2.21. The monoisotopic (exact) mass is 202 g/mol. The van der Waals surface area contributed by atoms with Gasteiger partial charge >= 0.3 is 0 Å². The zero-order valence-electron chi connectivity index (χ0n) is 8.57. The van der Waals surface area contributed by atoms with Crippen LogP contribution in [0, 0.1) is 0 Å². The van der Waals surface area contributed by atoms with Crippen LogP contribution >= 0.6 is 0 Å². The Kier molecular flexibility index (Phi) is 2.18. The Bertz CT molecular complexity index is 424. The van der Waals surface area contributed by atoms with E-state index in [4.69, 9.17) is 4.42 Å². The lowest BCUT2D eigenvalue weighted by Crippen LogP contribution is -2.26. The van der Waals surface area contributed by atoms with Gasteiger partial charge in [-0.1, -0.05) is 6.42 Å². The molecular formula is C12H14N2O. The van der Waals surface area contributed by atoms with Crippen LogP contribution < -0.4 is 5.32 Å². The molecule has 1 aliphatic rings. The summed E-state index contributed by atoms with van der Waals surface area (Å²) in [5.41, 5.74) is 1.85. The summed E-state index contributed by atoms with van der Waals surface area (Å²) in [6.45, 7) is 1.09. The minimum atomic E-state index is 0.382. The second kappa shape index (κ2) is 3.66. The molecule has 0 amide bonds. The first-order valence-electron chi connectivity index (χ1n) is 5.51. The summed E-state index contributed by atoms with van der Waals surface area (Å²) in [7, 11) is 0. The Morgan fingerprint density at radius 1 is 1.40 bits per heavy atom. The fourth-order valence-corrected chi connectivity index (χ4v) is 2.16. The van der Waals surface area contributed by atoms with Crippen LogP contribution in [0.25, 0.3) is 11.1 Å². The first kappa shape index (κ1) is 8.92. The summed E-state index contributed by atoms with van der Waals surface area (Å²) in [6.07, 6.45) is 5.52. The SMILES string of the molecule is c1cnc2cc(C3CCCCN3)oc2c1. The number of furan rings is 1. The number of nitrogens with zero attached hydrogens (tertiary/aromatic N) is 1. The van der Waals surface area contributed by atoms with Crippen LogP contribution in [-0.4, -0.2) is 11.5 Å². The fraction of sp³-hybridized carbons (Fsp3) is 0.417. The quantitative estimate of drug-likeness (QED) is 0.772. The van der Waals surface area contributed by atoms with Gasteiger partial charge in [0.05, 0.1) is 6.04 Å². The Morgan fingerprint density at radius 3 is 3.20 bits per heavy atom. The Balaban J connectivity index is 1.96. The number of hydrogen-bond donors (Lipinski definition) is 1. The van der Waals surface area contributed by atoms with Gasteiger partial charge in [0.2, 0.25) is 0 Å². The summed E-state index contributed by atoms with van der Waals surface area (Å²) >= 11 is 0. The molecule has 1 fully saturated rings. The molecule has 1 saturated heterocycles. The topological polar surface area (TPSA) is 38.1 Å². The smallest absolute Gasteiger partial charge is 0.152 e. The molecule has 1 aliphatic heterocycles. The minimum Gasteiger partial charge on any atom is -0.458 e. The first-order valence-corrected chi connectivity index (χ1v) is 5.51. The zero-order chi connectivity index (χ0) is 10.1. The standard InChI is InChI=1S/C12H14N2O/c1-2-6-13-9(4-1)12-8-10-11(15-12)5-3-7-14-10/h3,5,7-9,13H,1-2,4,6H2. The molecule has 1 N–H and O–H groups in total. The van der Waals surface area contributed by atoms with Gasteiger partial charge in [-0.05, 0) is 31.5 Å². The molecule has 3 heterocycles. The van der Waals surface area contributed by atoms with Crippen LogP contribution in [0.3, 0.4) is 0 Å².